The highest BCUT2D eigenvalue weighted by Crippen LogP contribution is 2.33. The Kier molecular flexibility index (Phi) is 5.38. The Bertz CT molecular complexity index is 888. The molecule has 0 saturated carbocycles. The van der Waals surface area contributed by atoms with Gasteiger partial charge in [-0.15, -0.1) is 0 Å². The molecule has 0 radical (unpaired) electrons. The van der Waals surface area contributed by atoms with E-state index in [1.165, 1.54) is 5.56 Å². The van der Waals surface area contributed by atoms with Crippen LogP contribution in [-0.4, -0.2) is 77.4 Å². The Hall–Kier alpha value is -2.36. The molecule has 0 spiro atoms. The first-order valence-electron chi connectivity index (χ1n) is 10.3. The van der Waals surface area contributed by atoms with Crippen molar-refractivity contribution in [3.63, 3.8) is 0 Å². The van der Waals surface area contributed by atoms with Crippen LogP contribution >= 0.6 is 0 Å². The molecule has 1 amide bonds. The zero-order chi connectivity index (χ0) is 19.7. The van der Waals surface area contributed by atoms with Gasteiger partial charge in [0.25, 0.3) is 5.91 Å². The van der Waals surface area contributed by atoms with E-state index in [2.05, 4.69) is 47.0 Å². The maximum absolute atomic E-state index is 13.1. The number of amides is 1. The summed E-state index contributed by atoms with van der Waals surface area (Å²) >= 11 is 0. The van der Waals surface area contributed by atoms with Crippen molar-refractivity contribution in [1.29, 1.82) is 5.26 Å². The quantitative estimate of drug-likeness (QED) is 0.830. The van der Waals surface area contributed by atoms with Crippen molar-refractivity contribution in [3.8, 4) is 6.07 Å². The summed E-state index contributed by atoms with van der Waals surface area (Å²) in [4.78, 5) is 23.0. The predicted molar refractivity (Wildman–Crippen MR) is 110 cm³/mol. The van der Waals surface area contributed by atoms with E-state index in [0.29, 0.717) is 18.5 Å². The first kappa shape index (κ1) is 19.0. The second-order valence-electron chi connectivity index (χ2n) is 8.31. The first-order valence-corrected chi connectivity index (χ1v) is 10.3. The summed E-state index contributed by atoms with van der Waals surface area (Å²) in [5, 5.41) is 10.1. The second kappa shape index (κ2) is 7.94. The van der Waals surface area contributed by atoms with Crippen molar-refractivity contribution >= 4 is 16.8 Å². The summed E-state index contributed by atoms with van der Waals surface area (Å²) in [6, 6.07) is 8.81. The highest BCUT2D eigenvalue weighted by atomic mass is 16.2. The molecule has 2 saturated heterocycles. The van der Waals surface area contributed by atoms with Gasteiger partial charge in [-0.2, -0.15) is 5.26 Å². The van der Waals surface area contributed by atoms with E-state index in [1.54, 1.807) is 0 Å². The lowest BCUT2D eigenvalue weighted by molar-refractivity contribution is 0.0595. The van der Waals surface area contributed by atoms with E-state index in [4.69, 9.17) is 5.26 Å². The molecule has 0 bridgehead atoms. The minimum Gasteiger partial charge on any atom is -0.361 e. The molecule has 2 fully saturated rings. The van der Waals surface area contributed by atoms with E-state index >= 15 is 0 Å². The molecule has 6 nitrogen and oxygen atoms in total. The number of carbonyl (C=O) groups excluding carboxylic acids is 1. The van der Waals surface area contributed by atoms with Gasteiger partial charge in [0.1, 0.15) is 0 Å². The molecule has 1 aromatic carbocycles. The average Bonchev–Trinajstić information content (AvgIpc) is 3.34. The van der Waals surface area contributed by atoms with Crippen LogP contribution in [0.25, 0.3) is 10.9 Å². The average molecular weight is 380 g/mol. The van der Waals surface area contributed by atoms with Crippen molar-refractivity contribution in [1.82, 2.24) is 19.7 Å². The molecule has 0 aliphatic carbocycles. The fourth-order valence-electron chi connectivity index (χ4n) is 4.57. The maximum Gasteiger partial charge on any atom is 0.253 e. The molecular weight excluding hydrogens is 350 g/mol. The normalized spacial score (nSPS) is 21.5. The van der Waals surface area contributed by atoms with Gasteiger partial charge in [0.05, 0.1) is 12.6 Å². The van der Waals surface area contributed by atoms with Crippen LogP contribution in [0.4, 0.5) is 0 Å². The van der Waals surface area contributed by atoms with E-state index in [9.17, 15) is 4.79 Å². The summed E-state index contributed by atoms with van der Waals surface area (Å²) < 4.78 is 0. The Balaban J connectivity index is 1.52. The highest BCUT2D eigenvalue weighted by Gasteiger charge is 2.27. The van der Waals surface area contributed by atoms with Gasteiger partial charge in [-0.05, 0) is 56.5 Å². The van der Waals surface area contributed by atoms with Gasteiger partial charge in [-0.1, -0.05) is 0 Å². The molecule has 6 heteroatoms. The molecule has 2 aromatic rings. The molecular formula is C22H29N5O. The molecule has 4 rings (SSSR count). The topological polar surface area (TPSA) is 66.4 Å². The zero-order valence-corrected chi connectivity index (χ0v) is 16.8. The number of fused-ring (bicyclic) bond motifs is 1. The Morgan fingerprint density at radius 1 is 1.25 bits per heavy atom. The van der Waals surface area contributed by atoms with Gasteiger partial charge >= 0.3 is 0 Å². The van der Waals surface area contributed by atoms with E-state index in [1.807, 2.05) is 17.0 Å². The summed E-state index contributed by atoms with van der Waals surface area (Å²) in [5.41, 5.74) is 3.13. The predicted octanol–water partition coefficient (Wildman–Crippen LogP) is 2.65. The van der Waals surface area contributed by atoms with Crippen molar-refractivity contribution in [2.24, 2.45) is 0 Å². The standard InChI is InChI=1S/C22H29N5O/c1-16(2)26-9-11-27(12-10-26)22(28)17-3-4-21-19(13-17)20(14-24-21)18-5-7-25(15-18)8-6-23/h3-4,13-14,16,18,24H,5,7-12,15H2,1-2H3/t18-/m0/s1. The molecule has 1 aromatic heterocycles. The molecule has 1 atom stereocenters. The number of aromatic amines is 1. The van der Waals surface area contributed by atoms with Crippen LogP contribution in [0.15, 0.2) is 24.4 Å². The van der Waals surface area contributed by atoms with Crippen LogP contribution < -0.4 is 0 Å². The lowest BCUT2D eigenvalue weighted by Crippen LogP contribution is -2.50. The SMILES string of the molecule is CC(C)N1CCN(C(=O)c2ccc3[nH]cc([C@H]4CCN(CC#N)C4)c3c2)CC1. The van der Waals surface area contributed by atoms with Crippen LogP contribution in [0.1, 0.15) is 42.1 Å². The largest absolute Gasteiger partial charge is 0.361 e. The maximum atomic E-state index is 13.1. The van der Waals surface area contributed by atoms with E-state index in [-0.39, 0.29) is 5.91 Å². The third kappa shape index (κ3) is 3.65. The molecule has 2 aliphatic heterocycles. The number of benzene rings is 1. The van der Waals surface area contributed by atoms with Gasteiger partial charge in [0.2, 0.25) is 0 Å². The molecule has 0 unspecified atom stereocenters. The molecule has 2 aliphatic rings. The van der Waals surface area contributed by atoms with Crippen molar-refractivity contribution in [2.45, 2.75) is 32.2 Å². The summed E-state index contributed by atoms with van der Waals surface area (Å²) in [6.07, 6.45) is 3.14. The van der Waals surface area contributed by atoms with Gasteiger partial charge in [0, 0.05) is 61.4 Å². The number of H-pyrrole nitrogens is 1. The summed E-state index contributed by atoms with van der Waals surface area (Å²) in [7, 11) is 0. The number of piperazine rings is 1. The highest BCUT2D eigenvalue weighted by molar-refractivity contribution is 5.99. The molecule has 28 heavy (non-hydrogen) atoms. The number of nitriles is 1. The van der Waals surface area contributed by atoms with E-state index in [0.717, 1.165) is 62.2 Å². The van der Waals surface area contributed by atoms with Gasteiger partial charge < -0.3 is 9.88 Å². The van der Waals surface area contributed by atoms with Gasteiger partial charge in [-0.3, -0.25) is 14.6 Å². The second-order valence-corrected chi connectivity index (χ2v) is 8.31. The number of hydrogen-bond acceptors (Lipinski definition) is 4. The molecule has 1 N–H and O–H groups in total. The number of nitrogens with one attached hydrogen (secondary N) is 1. The summed E-state index contributed by atoms with van der Waals surface area (Å²) in [5.74, 6) is 0.553. The van der Waals surface area contributed by atoms with Crippen LogP contribution in [0, 0.1) is 11.3 Å². The number of carbonyl (C=O) groups is 1. The fraction of sp³-hybridized carbons (Fsp3) is 0.545. The molecule has 3 heterocycles. The fourth-order valence-corrected chi connectivity index (χ4v) is 4.57. The third-order valence-electron chi connectivity index (χ3n) is 6.30. The third-order valence-corrected chi connectivity index (χ3v) is 6.30. The summed E-state index contributed by atoms with van der Waals surface area (Å²) in [6.45, 7) is 10.3. The van der Waals surface area contributed by atoms with Gasteiger partial charge in [0.15, 0.2) is 0 Å². The Morgan fingerprint density at radius 3 is 2.75 bits per heavy atom. The Labute approximate surface area is 166 Å². The number of hydrogen-bond donors (Lipinski definition) is 1. The smallest absolute Gasteiger partial charge is 0.253 e. The monoisotopic (exact) mass is 379 g/mol. The van der Waals surface area contributed by atoms with E-state index < -0.39 is 0 Å². The number of rotatable bonds is 4. The number of aromatic nitrogens is 1. The van der Waals surface area contributed by atoms with Crippen molar-refractivity contribution in [2.75, 3.05) is 45.8 Å². The van der Waals surface area contributed by atoms with Crippen LogP contribution in [0.5, 0.6) is 0 Å². The minimum atomic E-state index is 0.134. The van der Waals surface area contributed by atoms with Crippen molar-refractivity contribution < 1.29 is 4.79 Å². The molecule has 148 valence electrons. The lowest BCUT2D eigenvalue weighted by Gasteiger charge is -2.37. The van der Waals surface area contributed by atoms with Crippen LogP contribution in [0.3, 0.4) is 0 Å². The Morgan fingerprint density at radius 2 is 2.04 bits per heavy atom. The first-order chi connectivity index (χ1) is 13.6. The number of likely N-dealkylation sites (tertiary alicyclic amines) is 1. The van der Waals surface area contributed by atoms with Crippen LogP contribution in [-0.2, 0) is 0 Å². The minimum absolute atomic E-state index is 0.134. The van der Waals surface area contributed by atoms with Crippen molar-refractivity contribution in [3.05, 3.63) is 35.5 Å². The van der Waals surface area contributed by atoms with Crippen LogP contribution in [0.2, 0.25) is 0 Å². The lowest BCUT2D eigenvalue weighted by atomic mass is 9.97. The number of nitrogens with zero attached hydrogens (tertiary/aromatic N) is 4. The zero-order valence-electron chi connectivity index (χ0n) is 16.8. The van der Waals surface area contributed by atoms with Gasteiger partial charge in [-0.25, -0.2) is 0 Å².